The van der Waals surface area contributed by atoms with E-state index in [0.29, 0.717) is 6.42 Å². The number of carboxylic acids is 1. The summed E-state index contributed by atoms with van der Waals surface area (Å²) in [6.07, 6.45) is 3.53. The van der Waals surface area contributed by atoms with E-state index >= 15 is 0 Å². The number of aliphatic hydroxyl groups is 1. The fourth-order valence-corrected chi connectivity index (χ4v) is 2.29. The third kappa shape index (κ3) is 4.49. The maximum absolute atomic E-state index is 10.9. The molecule has 0 spiro atoms. The summed E-state index contributed by atoms with van der Waals surface area (Å²) in [5, 5.41) is 21.8. The molecule has 0 saturated heterocycles. The van der Waals surface area contributed by atoms with Crippen LogP contribution in [-0.2, 0) is 4.79 Å². The highest BCUT2D eigenvalue weighted by molar-refractivity contribution is 5.70. The second-order valence-electron chi connectivity index (χ2n) is 5.40. The smallest absolute Gasteiger partial charge is 0.306 e. The lowest BCUT2D eigenvalue weighted by molar-refractivity contribution is -0.142. The van der Waals surface area contributed by atoms with E-state index < -0.39 is 11.6 Å². The molecule has 0 aromatic rings. The van der Waals surface area contributed by atoms with E-state index in [1.165, 1.54) is 0 Å². The zero-order valence-corrected chi connectivity index (χ0v) is 10.2. The van der Waals surface area contributed by atoms with Crippen molar-refractivity contribution in [3.05, 3.63) is 0 Å². The fraction of sp³-hybridized carbons (Fsp3) is 0.917. The SMILES string of the molecule is CC(C)(O)CCNCC1CCCC1C(=O)O. The third-order valence-electron chi connectivity index (χ3n) is 3.30. The average Bonchev–Trinajstić information content (AvgIpc) is 2.58. The van der Waals surface area contributed by atoms with E-state index in [4.69, 9.17) is 5.11 Å². The second-order valence-corrected chi connectivity index (χ2v) is 5.40. The molecule has 1 aliphatic carbocycles. The van der Waals surface area contributed by atoms with Gasteiger partial charge in [-0.25, -0.2) is 0 Å². The van der Waals surface area contributed by atoms with Crippen LogP contribution >= 0.6 is 0 Å². The summed E-state index contributed by atoms with van der Waals surface area (Å²) in [6, 6.07) is 0. The molecule has 2 atom stereocenters. The van der Waals surface area contributed by atoms with E-state index in [1.807, 2.05) is 0 Å². The molecule has 1 rings (SSSR count). The molecule has 1 fully saturated rings. The highest BCUT2D eigenvalue weighted by Crippen LogP contribution is 2.31. The van der Waals surface area contributed by atoms with Crippen molar-refractivity contribution in [3.8, 4) is 0 Å². The summed E-state index contributed by atoms with van der Waals surface area (Å²) in [4.78, 5) is 10.9. The van der Waals surface area contributed by atoms with Crippen molar-refractivity contribution in [1.82, 2.24) is 5.32 Å². The van der Waals surface area contributed by atoms with Gasteiger partial charge in [0, 0.05) is 0 Å². The van der Waals surface area contributed by atoms with Crippen molar-refractivity contribution in [2.45, 2.75) is 45.1 Å². The summed E-state index contributed by atoms with van der Waals surface area (Å²) in [7, 11) is 0. The Hall–Kier alpha value is -0.610. The van der Waals surface area contributed by atoms with Gasteiger partial charge in [-0.15, -0.1) is 0 Å². The van der Waals surface area contributed by atoms with Crippen LogP contribution < -0.4 is 5.32 Å². The predicted molar refractivity (Wildman–Crippen MR) is 62.3 cm³/mol. The molecule has 0 heterocycles. The topological polar surface area (TPSA) is 69.6 Å². The Morgan fingerprint density at radius 3 is 2.69 bits per heavy atom. The van der Waals surface area contributed by atoms with Crippen molar-refractivity contribution < 1.29 is 15.0 Å². The Balaban J connectivity index is 2.20. The monoisotopic (exact) mass is 229 g/mol. The first-order chi connectivity index (χ1) is 7.40. The van der Waals surface area contributed by atoms with Crippen LogP contribution in [0.15, 0.2) is 0 Å². The first kappa shape index (κ1) is 13.5. The van der Waals surface area contributed by atoms with Crippen molar-refractivity contribution in [2.24, 2.45) is 11.8 Å². The maximum Gasteiger partial charge on any atom is 0.306 e. The van der Waals surface area contributed by atoms with Gasteiger partial charge in [-0.2, -0.15) is 0 Å². The average molecular weight is 229 g/mol. The quantitative estimate of drug-likeness (QED) is 0.599. The summed E-state index contributed by atoms with van der Waals surface area (Å²) in [6.45, 7) is 5.06. The summed E-state index contributed by atoms with van der Waals surface area (Å²) in [5.74, 6) is -0.569. The normalized spacial score (nSPS) is 25.9. The highest BCUT2D eigenvalue weighted by Gasteiger charge is 2.32. The molecule has 0 radical (unpaired) electrons. The lowest BCUT2D eigenvalue weighted by Gasteiger charge is -2.20. The van der Waals surface area contributed by atoms with Crippen LogP contribution in [0.2, 0.25) is 0 Å². The lowest BCUT2D eigenvalue weighted by Crippen LogP contribution is -2.32. The van der Waals surface area contributed by atoms with E-state index in [0.717, 1.165) is 32.4 Å². The van der Waals surface area contributed by atoms with Gasteiger partial charge in [0.25, 0.3) is 0 Å². The van der Waals surface area contributed by atoms with E-state index in [-0.39, 0.29) is 11.8 Å². The molecule has 1 saturated carbocycles. The molecule has 3 N–H and O–H groups in total. The van der Waals surface area contributed by atoms with Crippen LogP contribution in [0.4, 0.5) is 0 Å². The predicted octanol–water partition coefficient (Wildman–Crippen LogP) is 1.24. The van der Waals surface area contributed by atoms with Gasteiger partial charge < -0.3 is 15.5 Å². The van der Waals surface area contributed by atoms with Gasteiger partial charge in [-0.1, -0.05) is 6.42 Å². The number of nitrogens with one attached hydrogen (secondary N) is 1. The standard InChI is InChI=1S/C12H23NO3/c1-12(2,16)6-7-13-8-9-4-3-5-10(9)11(14)15/h9-10,13,16H,3-8H2,1-2H3,(H,14,15). The van der Waals surface area contributed by atoms with Gasteiger partial charge in [-0.05, 0) is 52.1 Å². The van der Waals surface area contributed by atoms with Crippen LogP contribution in [0.1, 0.15) is 39.5 Å². The number of carbonyl (C=O) groups is 1. The number of aliphatic carboxylic acids is 1. The highest BCUT2D eigenvalue weighted by atomic mass is 16.4. The number of carboxylic acid groups (broad SMARTS) is 1. The number of hydrogen-bond acceptors (Lipinski definition) is 3. The van der Waals surface area contributed by atoms with Crippen LogP contribution in [0, 0.1) is 11.8 Å². The minimum atomic E-state index is -0.660. The molecule has 4 heteroatoms. The molecular weight excluding hydrogens is 206 g/mol. The summed E-state index contributed by atoms with van der Waals surface area (Å²) >= 11 is 0. The van der Waals surface area contributed by atoms with E-state index in [1.54, 1.807) is 13.8 Å². The first-order valence-electron chi connectivity index (χ1n) is 6.06. The molecule has 16 heavy (non-hydrogen) atoms. The van der Waals surface area contributed by atoms with Gasteiger partial charge >= 0.3 is 5.97 Å². The van der Waals surface area contributed by atoms with Gasteiger partial charge in [0.1, 0.15) is 0 Å². The minimum Gasteiger partial charge on any atom is -0.481 e. The molecule has 2 unspecified atom stereocenters. The fourth-order valence-electron chi connectivity index (χ4n) is 2.29. The Kier molecular flexibility index (Phi) is 4.74. The van der Waals surface area contributed by atoms with Crippen molar-refractivity contribution >= 4 is 5.97 Å². The largest absolute Gasteiger partial charge is 0.481 e. The van der Waals surface area contributed by atoms with E-state index in [9.17, 15) is 9.90 Å². The molecule has 4 nitrogen and oxygen atoms in total. The Labute approximate surface area is 97.0 Å². The number of hydrogen-bond donors (Lipinski definition) is 3. The van der Waals surface area contributed by atoms with Crippen molar-refractivity contribution in [3.63, 3.8) is 0 Å². The molecule has 0 aliphatic heterocycles. The van der Waals surface area contributed by atoms with Crippen molar-refractivity contribution in [2.75, 3.05) is 13.1 Å². The van der Waals surface area contributed by atoms with Crippen LogP contribution in [-0.4, -0.2) is 34.9 Å². The van der Waals surface area contributed by atoms with Gasteiger partial charge in [-0.3, -0.25) is 4.79 Å². The third-order valence-corrected chi connectivity index (χ3v) is 3.30. The first-order valence-corrected chi connectivity index (χ1v) is 6.06. The Morgan fingerprint density at radius 1 is 1.44 bits per heavy atom. The molecule has 0 aromatic carbocycles. The van der Waals surface area contributed by atoms with Crippen molar-refractivity contribution in [1.29, 1.82) is 0 Å². The molecule has 94 valence electrons. The van der Waals surface area contributed by atoms with Gasteiger partial charge in [0.15, 0.2) is 0 Å². The second kappa shape index (κ2) is 5.64. The van der Waals surface area contributed by atoms with Crippen LogP contribution in [0.5, 0.6) is 0 Å². The zero-order chi connectivity index (χ0) is 12.2. The summed E-state index contributed by atoms with van der Waals surface area (Å²) < 4.78 is 0. The molecule has 0 amide bonds. The van der Waals surface area contributed by atoms with Crippen LogP contribution in [0.25, 0.3) is 0 Å². The maximum atomic E-state index is 10.9. The minimum absolute atomic E-state index is 0.172. The summed E-state index contributed by atoms with van der Waals surface area (Å²) in [5.41, 5.74) is -0.644. The molecule has 1 aliphatic rings. The Morgan fingerprint density at radius 2 is 2.12 bits per heavy atom. The number of rotatable bonds is 6. The molecule has 0 bridgehead atoms. The van der Waals surface area contributed by atoms with E-state index in [2.05, 4.69) is 5.32 Å². The van der Waals surface area contributed by atoms with Crippen LogP contribution in [0.3, 0.4) is 0 Å². The molecule has 0 aromatic heterocycles. The zero-order valence-electron chi connectivity index (χ0n) is 10.2. The Bertz CT molecular complexity index is 235. The van der Waals surface area contributed by atoms with Gasteiger partial charge in [0.05, 0.1) is 11.5 Å². The van der Waals surface area contributed by atoms with Gasteiger partial charge in [0.2, 0.25) is 0 Å². The lowest BCUT2D eigenvalue weighted by atomic mass is 9.96. The molecular formula is C12H23NO3.